The Morgan fingerprint density at radius 2 is 2.40 bits per heavy atom. The van der Waals surface area contributed by atoms with Gasteiger partial charge >= 0.3 is 0 Å². The number of hydrogen-bond donors (Lipinski definition) is 3. The van der Waals surface area contributed by atoms with E-state index in [1.165, 1.54) is 0 Å². The van der Waals surface area contributed by atoms with E-state index >= 15 is 0 Å². The van der Waals surface area contributed by atoms with Crippen molar-refractivity contribution in [2.45, 2.75) is 19.8 Å². The Bertz CT molecular complexity index is 114. The van der Waals surface area contributed by atoms with Crippen molar-refractivity contribution in [1.29, 1.82) is 5.53 Å². The lowest BCUT2D eigenvalue weighted by molar-refractivity contribution is 0.612. The fourth-order valence-electron chi connectivity index (χ4n) is 0.431. The molecule has 0 aromatic heterocycles. The van der Waals surface area contributed by atoms with Crippen LogP contribution in [0.4, 0.5) is 0 Å². The Labute approximate surface area is 65.9 Å². The molecule has 0 amide bonds. The van der Waals surface area contributed by atoms with Gasteiger partial charge in [-0.15, -0.1) is 5.11 Å². The number of nitrogens with zero attached hydrogens (tertiary/aromatic N) is 1. The predicted molar refractivity (Wildman–Crippen MR) is 43.8 cm³/mol. The van der Waals surface area contributed by atoms with Crippen molar-refractivity contribution in [2.24, 2.45) is 5.11 Å². The second-order valence-corrected chi connectivity index (χ2v) is 2.21. The van der Waals surface area contributed by atoms with Crippen molar-refractivity contribution in [2.75, 3.05) is 6.54 Å². The van der Waals surface area contributed by atoms with E-state index in [9.17, 15) is 0 Å². The van der Waals surface area contributed by atoms with Gasteiger partial charge in [0.15, 0.2) is 0 Å². The van der Waals surface area contributed by atoms with E-state index in [0.717, 1.165) is 19.4 Å². The van der Waals surface area contributed by atoms with Crippen LogP contribution in [0.3, 0.4) is 0 Å². The zero-order valence-electron chi connectivity index (χ0n) is 5.98. The average molecular weight is 160 g/mol. The fourth-order valence-corrected chi connectivity index (χ4v) is 0.503. The zero-order chi connectivity index (χ0) is 7.82. The summed E-state index contributed by atoms with van der Waals surface area (Å²) in [6, 6.07) is 0. The van der Waals surface area contributed by atoms with Crippen LogP contribution in [-0.2, 0) is 0 Å². The molecule has 0 fully saturated rings. The van der Waals surface area contributed by atoms with Gasteiger partial charge in [-0.25, -0.2) is 11.0 Å². The van der Waals surface area contributed by atoms with E-state index in [4.69, 9.17) is 5.53 Å². The monoisotopic (exact) mass is 160 g/mol. The second-order valence-electron chi connectivity index (χ2n) is 1.82. The first-order valence-corrected chi connectivity index (χ1v) is 3.62. The van der Waals surface area contributed by atoms with Crippen molar-refractivity contribution >= 4 is 17.3 Å². The maximum atomic E-state index is 6.47. The second kappa shape index (κ2) is 6.57. The van der Waals surface area contributed by atoms with Crippen LogP contribution in [0.15, 0.2) is 5.11 Å². The molecule has 0 saturated heterocycles. The van der Waals surface area contributed by atoms with Crippen LogP contribution in [0.2, 0.25) is 0 Å². The van der Waals surface area contributed by atoms with Crippen LogP contribution >= 0.6 is 12.2 Å². The van der Waals surface area contributed by atoms with E-state index < -0.39 is 0 Å². The number of hydrogen-bond acceptors (Lipinski definition) is 3. The van der Waals surface area contributed by atoms with Gasteiger partial charge in [0.2, 0.25) is 5.11 Å². The molecule has 0 spiro atoms. The summed E-state index contributed by atoms with van der Waals surface area (Å²) in [6.45, 7) is 2.96. The van der Waals surface area contributed by atoms with Crippen LogP contribution in [0.1, 0.15) is 19.8 Å². The Balaban J connectivity index is 3.03. The van der Waals surface area contributed by atoms with Gasteiger partial charge in [-0.3, -0.25) is 5.43 Å². The first kappa shape index (κ1) is 9.45. The molecule has 0 unspecified atom stereocenters. The van der Waals surface area contributed by atoms with E-state index in [1.54, 1.807) is 0 Å². The highest BCUT2D eigenvalue weighted by Crippen LogP contribution is 1.80. The van der Waals surface area contributed by atoms with Gasteiger partial charge in [0.1, 0.15) is 0 Å². The highest BCUT2D eigenvalue weighted by atomic mass is 32.1. The van der Waals surface area contributed by atoms with E-state index in [1.807, 2.05) is 0 Å². The Kier molecular flexibility index (Phi) is 6.21. The summed E-state index contributed by atoms with van der Waals surface area (Å²) in [4.78, 5) is 0. The van der Waals surface area contributed by atoms with E-state index in [-0.39, 0.29) is 5.11 Å². The highest BCUT2D eigenvalue weighted by molar-refractivity contribution is 7.80. The molecule has 4 nitrogen and oxygen atoms in total. The zero-order valence-corrected chi connectivity index (χ0v) is 6.79. The molecule has 5 heteroatoms. The average Bonchev–Trinajstić information content (AvgIpc) is 1.98. The van der Waals surface area contributed by atoms with Crippen LogP contribution in [0.25, 0.3) is 0 Å². The molecule has 0 atom stereocenters. The molecule has 0 radical (unpaired) electrons. The summed E-state index contributed by atoms with van der Waals surface area (Å²) in [6.07, 6.45) is 2.23. The van der Waals surface area contributed by atoms with Crippen molar-refractivity contribution in [3.63, 3.8) is 0 Å². The van der Waals surface area contributed by atoms with Gasteiger partial charge in [-0.05, 0) is 18.6 Å². The smallest absolute Gasteiger partial charge is 0.227 e. The number of unbranched alkanes of at least 4 members (excludes halogenated alkanes) is 1. The molecular formula is C5H12N4S. The fraction of sp³-hybridized carbons (Fsp3) is 0.800. The summed E-state index contributed by atoms with van der Waals surface area (Å²) in [7, 11) is 0. The maximum absolute atomic E-state index is 6.47. The van der Waals surface area contributed by atoms with Crippen LogP contribution in [0, 0.1) is 5.53 Å². The predicted octanol–water partition coefficient (Wildman–Crippen LogP) is 1.20. The topological polar surface area (TPSA) is 60.3 Å². The number of hydrazine groups is 1. The van der Waals surface area contributed by atoms with Crippen LogP contribution in [0.5, 0.6) is 0 Å². The molecular weight excluding hydrogens is 148 g/mol. The molecule has 0 heterocycles. The van der Waals surface area contributed by atoms with Crippen LogP contribution in [-0.4, -0.2) is 11.7 Å². The Morgan fingerprint density at radius 1 is 1.70 bits per heavy atom. The molecule has 58 valence electrons. The normalized spacial score (nSPS) is 8.90. The summed E-state index contributed by atoms with van der Waals surface area (Å²) < 4.78 is 0. The largest absolute Gasteiger partial charge is 0.295 e. The minimum absolute atomic E-state index is 0.177. The Hall–Kier alpha value is -0.550. The summed E-state index contributed by atoms with van der Waals surface area (Å²) in [5.41, 5.74) is 11.9. The van der Waals surface area contributed by atoms with Crippen molar-refractivity contribution in [3.8, 4) is 0 Å². The number of thiocarbonyl (C=S) groups is 1. The van der Waals surface area contributed by atoms with Crippen molar-refractivity contribution < 1.29 is 0 Å². The molecule has 0 saturated carbocycles. The van der Waals surface area contributed by atoms with Gasteiger partial charge in [0.05, 0.1) is 0 Å². The summed E-state index contributed by atoms with van der Waals surface area (Å²) in [5, 5.41) is 3.17. The van der Waals surface area contributed by atoms with Gasteiger partial charge in [-0.1, -0.05) is 13.3 Å². The molecule has 3 N–H and O–H groups in total. The molecule has 10 heavy (non-hydrogen) atoms. The molecule has 0 aliphatic carbocycles. The lowest BCUT2D eigenvalue weighted by atomic mass is 10.3. The molecule has 0 aliphatic heterocycles. The standard InChI is InChI=1S/C5H12N4S/c1-2-3-4-7-9-5(10)8-6/h6-7H,2-4H2,1H3,(H,9,10). The third-order valence-electron chi connectivity index (χ3n) is 0.952. The summed E-state index contributed by atoms with van der Waals surface area (Å²) >= 11 is 4.58. The lowest BCUT2D eigenvalue weighted by Gasteiger charge is -2.02. The minimum Gasteiger partial charge on any atom is -0.295 e. The third kappa shape index (κ3) is 5.58. The quantitative estimate of drug-likeness (QED) is 0.250. The molecule has 0 aromatic rings. The molecule has 0 aromatic carbocycles. The van der Waals surface area contributed by atoms with Crippen LogP contribution < -0.4 is 10.9 Å². The molecule has 0 aliphatic rings. The lowest BCUT2D eigenvalue weighted by Crippen LogP contribution is -2.35. The van der Waals surface area contributed by atoms with Crippen molar-refractivity contribution in [3.05, 3.63) is 0 Å². The van der Waals surface area contributed by atoms with E-state index in [2.05, 4.69) is 35.1 Å². The van der Waals surface area contributed by atoms with Gasteiger partial charge in [-0.2, -0.15) is 0 Å². The first-order chi connectivity index (χ1) is 4.81. The maximum Gasteiger partial charge on any atom is 0.227 e. The SMILES string of the molecule is CCCCNNC(=S)N=N. The van der Waals surface area contributed by atoms with Gasteiger partial charge in [0, 0.05) is 6.54 Å². The van der Waals surface area contributed by atoms with Gasteiger partial charge in [0.25, 0.3) is 0 Å². The molecule has 0 bridgehead atoms. The van der Waals surface area contributed by atoms with Crippen molar-refractivity contribution in [1.82, 2.24) is 10.9 Å². The van der Waals surface area contributed by atoms with Gasteiger partial charge < -0.3 is 0 Å². The number of nitrogens with one attached hydrogen (secondary N) is 3. The highest BCUT2D eigenvalue weighted by Gasteiger charge is 1.87. The van der Waals surface area contributed by atoms with E-state index in [0.29, 0.717) is 0 Å². The number of rotatable bonds is 4. The Morgan fingerprint density at radius 3 is 2.90 bits per heavy atom. The third-order valence-corrected chi connectivity index (χ3v) is 1.15. The molecule has 0 rings (SSSR count). The summed E-state index contributed by atoms with van der Waals surface area (Å²) in [5.74, 6) is 0. The first-order valence-electron chi connectivity index (χ1n) is 3.21. The minimum atomic E-state index is 0.177.